The zero-order valence-electron chi connectivity index (χ0n) is 7.88. The van der Waals surface area contributed by atoms with Crippen LogP contribution < -0.4 is 0 Å². The molecule has 0 saturated heterocycles. The van der Waals surface area contributed by atoms with Gasteiger partial charge in [-0.2, -0.15) is 0 Å². The summed E-state index contributed by atoms with van der Waals surface area (Å²) in [5.74, 6) is -1.42. The standard InChI is InChI=1S/C9H7Cl2F2NO2/c10-2-5-4(1-7(15)16)6(11)3-14-8(5)9(12)13/h3,9H,1-2H2,(H,15,16). The van der Waals surface area contributed by atoms with Gasteiger partial charge in [-0.15, -0.1) is 11.6 Å². The van der Waals surface area contributed by atoms with Crippen molar-refractivity contribution in [3.05, 3.63) is 28.0 Å². The largest absolute Gasteiger partial charge is 0.481 e. The van der Waals surface area contributed by atoms with Gasteiger partial charge < -0.3 is 5.11 Å². The lowest BCUT2D eigenvalue weighted by molar-refractivity contribution is -0.136. The highest BCUT2D eigenvalue weighted by Crippen LogP contribution is 2.29. The minimum atomic E-state index is -2.81. The molecule has 16 heavy (non-hydrogen) atoms. The summed E-state index contributed by atoms with van der Waals surface area (Å²) in [5, 5.41) is 8.66. The average molecular weight is 270 g/mol. The molecule has 0 aliphatic carbocycles. The van der Waals surface area contributed by atoms with Crippen LogP contribution >= 0.6 is 23.2 Å². The van der Waals surface area contributed by atoms with Crippen molar-refractivity contribution < 1.29 is 18.7 Å². The molecule has 1 aromatic rings. The first kappa shape index (κ1) is 13.1. The van der Waals surface area contributed by atoms with Crippen LogP contribution in [0.15, 0.2) is 6.20 Å². The quantitative estimate of drug-likeness (QED) is 0.855. The minimum Gasteiger partial charge on any atom is -0.481 e. The third kappa shape index (κ3) is 2.80. The van der Waals surface area contributed by atoms with Gasteiger partial charge in [-0.25, -0.2) is 8.78 Å². The topological polar surface area (TPSA) is 50.2 Å². The lowest BCUT2D eigenvalue weighted by atomic mass is 10.1. The number of carboxylic acid groups (broad SMARTS) is 1. The van der Waals surface area contributed by atoms with Crippen molar-refractivity contribution in [2.45, 2.75) is 18.7 Å². The molecule has 1 N–H and O–H groups in total. The van der Waals surface area contributed by atoms with Crippen LogP contribution in [0.1, 0.15) is 23.2 Å². The molecule has 0 aromatic carbocycles. The highest BCUT2D eigenvalue weighted by molar-refractivity contribution is 6.31. The van der Waals surface area contributed by atoms with Crippen LogP contribution in [-0.2, 0) is 17.1 Å². The first-order valence-electron chi connectivity index (χ1n) is 4.19. The number of nitrogens with zero attached hydrogens (tertiary/aromatic N) is 1. The summed E-state index contributed by atoms with van der Waals surface area (Å²) in [6.07, 6.45) is -2.25. The monoisotopic (exact) mass is 269 g/mol. The van der Waals surface area contributed by atoms with Gasteiger partial charge in [0.25, 0.3) is 6.43 Å². The first-order valence-corrected chi connectivity index (χ1v) is 5.10. The molecule has 0 atom stereocenters. The zero-order chi connectivity index (χ0) is 12.3. The highest BCUT2D eigenvalue weighted by atomic mass is 35.5. The summed E-state index contributed by atoms with van der Waals surface area (Å²) in [7, 11) is 0. The Bertz CT molecular complexity index is 413. The molecule has 1 heterocycles. The fourth-order valence-corrected chi connectivity index (χ4v) is 1.79. The van der Waals surface area contributed by atoms with Crippen LogP contribution in [0.3, 0.4) is 0 Å². The molecule has 1 rings (SSSR count). The maximum atomic E-state index is 12.6. The predicted molar refractivity (Wildman–Crippen MR) is 55.1 cm³/mol. The van der Waals surface area contributed by atoms with Gasteiger partial charge in [0.05, 0.1) is 11.4 Å². The maximum absolute atomic E-state index is 12.6. The molecule has 0 fully saturated rings. The fraction of sp³-hybridized carbons (Fsp3) is 0.333. The average Bonchev–Trinajstić information content (AvgIpc) is 2.19. The smallest absolute Gasteiger partial charge is 0.307 e. The minimum absolute atomic E-state index is 0.00781. The molecule has 0 aliphatic rings. The van der Waals surface area contributed by atoms with Crippen molar-refractivity contribution in [3.8, 4) is 0 Å². The number of carboxylic acids is 1. The Morgan fingerprint density at radius 1 is 1.50 bits per heavy atom. The van der Waals surface area contributed by atoms with Gasteiger partial charge in [-0.3, -0.25) is 9.78 Å². The third-order valence-electron chi connectivity index (χ3n) is 1.95. The molecular formula is C9H7Cl2F2NO2. The maximum Gasteiger partial charge on any atom is 0.307 e. The summed E-state index contributed by atoms with van der Waals surface area (Å²) in [4.78, 5) is 14.0. The Morgan fingerprint density at radius 3 is 2.56 bits per heavy atom. The lowest BCUT2D eigenvalue weighted by Crippen LogP contribution is -2.08. The second kappa shape index (κ2) is 5.41. The number of hydrogen-bond acceptors (Lipinski definition) is 2. The number of aromatic nitrogens is 1. The number of carbonyl (C=O) groups is 1. The number of halogens is 4. The predicted octanol–water partition coefficient (Wildman–Crippen LogP) is 3.04. The highest BCUT2D eigenvalue weighted by Gasteiger charge is 2.20. The molecule has 0 radical (unpaired) electrons. The normalized spacial score (nSPS) is 10.8. The van der Waals surface area contributed by atoms with Crippen LogP contribution in [0.2, 0.25) is 5.02 Å². The van der Waals surface area contributed by atoms with E-state index < -0.39 is 24.5 Å². The summed E-state index contributed by atoms with van der Waals surface area (Å²) >= 11 is 11.2. The van der Waals surface area contributed by atoms with Crippen LogP contribution in [0.25, 0.3) is 0 Å². The van der Waals surface area contributed by atoms with Crippen molar-refractivity contribution in [1.82, 2.24) is 4.98 Å². The van der Waals surface area contributed by atoms with Crippen molar-refractivity contribution in [3.63, 3.8) is 0 Å². The van der Waals surface area contributed by atoms with Gasteiger partial charge in [-0.05, 0) is 11.1 Å². The van der Waals surface area contributed by atoms with Crippen molar-refractivity contribution in [1.29, 1.82) is 0 Å². The van der Waals surface area contributed by atoms with E-state index in [0.717, 1.165) is 6.20 Å². The van der Waals surface area contributed by atoms with E-state index in [9.17, 15) is 13.6 Å². The van der Waals surface area contributed by atoms with E-state index in [4.69, 9.17) is 28.3 Å². The molecule has 1 aromatic heterocycles. The molecule has 0 spiro atoms. The fourth-order valence-electron chi connectivity index (χ4n) is 1.26. The van der Waals surface area contributed by atoms with E-state index in [1.54, 1.807) is 0 Å². The molecule has 0 bridgehead atoms. The third-order valence-corrected chi connectivity index (χ3v) is 2.54. The number of aliphatic carboxylic acids is 1. The van der Waals surface area contributed by atoms with Crippen molar-refractivity contribution in [2.24, 2.45) is 0 Å². The summed E-state index contributed by atoms with van der Waals surface area (Å²) in [6, 6.07) is 0. The van der Waals surface area contributed by atoms with E-state index in [-0.39, 0.29) is 22.0 Å². The van der Waals surface area contributed by atoms with Crippen LogP contribution in [0, 0.1) is 0 Å². The lowest BCUT2D eigenvalue weighted by Gasteiger charge is -2.11. The Hall–Kier alpha value is -0.940. The Labute approximate surface area is 100 Å². The van der Waals surface area contributed by atoms with E-state index in [1.165, 1.54) is 0 Å². The van der Waals surface area contributed by atoms with Gasteiger partial charge >= 0.3 is 5.97 Å². The number of pyridine rings is 1. The molecule has 0 unspecified atom stereocenters. The van der Waals surface area contributed by atoms with Crippen LogP contribution in [0.4, 0.5) is 8.78 Å². The Morgan fingerprint density at radius 2 is 2.12 bits per heavy atom. The summed E-state index contributed by atoms with van der Waals surface area (Å²) < 4.78 is 25.1. The number of rotatable bonds is 4. The molecule has 0 saturated carbocycles. The molecule has 7 heteroatoms. The first-order chi connectivity index (χ1) is 7.47. The molecular weight excluding hydrogens is 263 g/mol. The van der Waals surface area contributed by atoms with Crippen LogP contribution in [-0.4, -0.2) is 16.1 Å². The SMILES string of the molecule is O=C(O)Cc1c(Cl)cnc(C(F)F)c1CCl. The van der Waals surface area contributed by atoms with Gasteiger partial charge in [0.2, 0.25) is 0 Å². The second-order valence-electron chi connectivity index (χ2n) is 2.95. The van der Waals surface area contributed by atoms with E-state index >= 15 is 0 Å². The van der Waals surface area contributed by atoms with Gasteiger partial charge in [0.1, 0.15) is 5.69 Å². The summed E-state index contributed by atoms with van der Waals surface area (Å²) in [5.41, 5.74) is -0.434. The molecule has 0 amide bonds. The van der Waals surface area contributed by atoms with Crippen LogP contribution in [0.5, 0.6) is 0 Å². The molecule has 3 nitrogen and oxygen atoms in total. The van der Waals surface area contributed by atoms with E-state index in [1.807, 2.05) is 0 Å². The van der Waals surface area contributed by atoms with E-state index in [0.29, 0.717) is 0 Å². The molecule has 88 valence electrons. The van der Waals surface area contributed by atoms with Gasteiger partial charge in [-0.1, -0.05) is 11.6 Å². The molecule has 0 aliphatic heterocycles. The summed E-state index contributed by atoms with van der Waals surface area (Å²) in [6.45, 7) is 0. The van der Waals surface area contributed by atoms with Gasteiger partial charge in [0, 0.05) is 12.1 Å². The van der Waals surface area contributed by atoms with Gasteiger partial charge in [0.15, 0.2) is 0 Å². The zero-order valence-corrected chi connectivity index (χ0v) is 9.40. The van der Waals surface area contributed by atoms with Crippen molar-refractivity contribution in [2.75, 3.05) is 0 Å². The number of hydrogen-bond donors (Lipinski definition) is 1. The Balaban J connectivity index is 3.32. The second-order valence-corrected chi connectivity index (χ2v) is 3.63. The number of alkyl halides is 3. The van der Waals surface area contributed by atoms with Crippen molar-refractivity contribution >= 4 is 29.2 Å². The Kier molecular flexibility index (Phi) is 4.44. The van der Waals surface area contributed by atoms with E-state index in [2.05, 4.69) is 4.98 Å².